The molecule has 0 N–H and O–H groups in total. The molecule has 0 radical (unpaired) electrons. The second-order valence-corrected chi connectivity index (χ2v) is 4.05. The molecule has 66 valence electrons. The lowest BCUT2D eigenvalue weighted by molar-refractivity contribution is -0.0899. The minimum atomic E-state index is 0.116. The van der Waals surface area contributed by atoms with Crippen LogP contribution < -0.4 is 0 Å². The van der Waals surface area contributed by atoms with Crippen LogP contribution in [0.4, 0.5) is 0 Å². The summed E-state index contributed by atoms with van der Waals surface area (Å²) in [7, 11) is 0. The van der Waals surface area contributed by atoms with Crippen molar-refractivity contribution in [2.24, 2.45) is 17.8 Å². The number of allylic oxidation sites excluding steroid dienone is 2. The molecule has 0 aromatic rings. The lowest BCUT2D eigenvalue weighted by Gasteiger charge is -2.22. The van der Waals surface area contributed by atoms with E-state index in [0.29, 0.717) is 5.92 Å². The first kappa shape index (κ1) is 7.10. The van der Waals surface area contributed by atoms with E-state index in [9.17, 15) is 0 Å². The second-order valence-electron chi connectivity index (χ2n) is 4.05. The molecule has 12 heavy (non-hydrogen) atoms. The highest BCUT2D eigenvalue weighted by Gasteiger charge is 2.42. The number of hydrogen-bond donors (Lipinski definition) is 0. The highest BCUT2D eigenvalue weighted by atomic mass is 16.7. The van der Waals surface area contributed by atoms with Crippen molar-refractivity contribution in [3.8, 4) is 0 Å². The van der Waals surface area contributed by atoms with Crippen molar-refractivity contribution < 1.29 is 9.47 Å². The standard InChI is InChI=1S/C10H14O2/c1-2-8-5-7(1)6-9(8)10-11-3-4-12-10/h1-2,7-10H,3-6H2/t7?,8?,9-/m1/s1. The van der Waals surface area contributed by atoms with Crippen molar-refractivity contribution in [1.29, 1.82) is 0 Å². The van der Waals surface area contributed by atoms with Crippen molar-refractivity contribution >= 4 is 0 Å². The Bertz CT molecular complexity index is 206. The van der Waals surface area contributed by atoms with Gasteiger partial charge in [-0.05, 0) is 24.7 Å². The topological polar surface area (TPSA) is 18.5 Å². The Kier molecular flexibility index (Phi) is 1.52. The van der Waals surface area contributed by atoms with Gasteiger partial charge in [0.05, 0.1) is 13.2 Å². The van der Waals surface area contributed by atoms with E-state index in [1.807, 2.05) is 0 Å². The summed E-state index contributed by atoms with van der Waals surface area (Å²) in [6.07, 6.45) is 7.45. The SMILES string of the molecule is C1=CC2CC1C[C@H]2C1OCCO1. The van der Waals surface area contributed by atoms with Crippen LogP contribution in [0.25, 0.3) is 0 Å². The lowest BCUT2D eigenvalue weighted by atomic mass is 9.93. The zero-order valence-corrected chi connectivity index (χ0v) is 7.11. The van der Waals surface area contributed by atoms with Crippen LogP contribution in [0.5, 0.6) is 0 Å². The van der Waals surface area contributed by atoms with Crippen LogP contribution in [0.3, 0.4) is 0 Å². The summed E-state index contributed by atoms with van der Waals surface area (Å²) in [4.78, 5) is 0. The zero-order valence-electron chi connectivity index (χ0n) is 7.11. The zero-order chi connectivity index (χ0) is 7.97. The van der Waals surface area contributed by atoms with Crippen LogP contribution in [0.2, 0.25) is 0 Å². The van der Waals surface area contributed by atoms with Gasteiger partial charge in [0, 0.05) is 5.92 Å². The molecule has 3 rings (SSSR count). The fourth-order valence-electron chi connectivity index (χ4n) is 2.76. The molecule has 3 atom stereocenters. The van der Waals surface area contributed by atoms with Gasteiger partial charge in [0.15, 0.2) is 6.29 Å². The Morgan fingerprint density at radius 1 is 1.00 bits per heavy atom. The summed E-state index contributed by atoms with van der Waals surface area (Å²) in [5, 5.41) is 0. The van der Waals surface area contributed by atoms with Crippen LogP contribution in [-0.2, 0) is 9.47 Å². The second kappa shape index (κ2) is 2.57. The van der Waals surface area contributed by atoms with Gasteiger partial charge in [0.2, 0.25) is 0 Å². The van der Waals surface area contributed by atoms with E-state index in [1.54, 1.807) is 0 Å². The van der Waals surface area contributed by atoms with Crippen LogP contribution in [0.1, 0.15) is 12.8 Å². The minimum absolute atomic E-state index is 0.116. The van der Waals surface area contributed by atoms with Crippen LogP contribution >= 0.6 is 0 Å². The number of rotatable bonds is 1. The molecule has 3 aliphatic rings. The van der Waals surface area contributed by atoms with E-state index < -0.39 is 0 Å². The molecule has 1 saturated carbocycles. The molecular formula is C10H14O2. The molecule has 2 nitrogen and oxygen atoms in total. The predicted octanol–water partition coefficient (Wildman–Crippen LogP) is 1.57. The highest BCUT2D eigenvalue weighted by molar-refractivity contribution is 5.10. The largest absolute Gasteiger partial charge is 0.350 e. The minimum Gasteiger partial charge on any atom is -0.350 e. The Morgan fingerprint density at radius 3 is 2.42 bits per heavy atom. The van der Waals surface area contributed by atoms with Crippen molar-refractivity contribution in [2.75, 3.05) is 13.2 Å². The monoisotopic (exact) mass is 166 g/mol. The third kappa shape index (κ3) is 0.947. The first-order valence-electron chi connectivity index (χ1n) is 4.85. The average Bonchev–Trinajstić information content (AvgIpc) is 2.81. The predicted molar refractivity (Wildman–Crippen MR) is 44.5 cm³/mol. The lowest BCUT2D eigenvalue weighted by Crippen LogP contribution is -2.24. The van der Waals surface area contributed by atoms with Gasteiger partial charge in [-0.25, -0.2) is 0 Å². The summed E-state index contributed by atoms with van der Waals surface area (Å²) in [5.74, 6) is 2.23. The summed E-state index contributed by atoms with van der Waals surface area (Å²) in [5.41, 5.74) is 0. The first-order valence-corrected chi connectivity index (χ1v) is 4.85. The first-order chi connectivity index (χ1) is 5.93. The van der Waals surface area contributed by atoms with Gasteiger partial charge >= 0.3 is 0 Å². The molecule has 2 fully saturated rings. The molecule has 2 bridgehead atoms. The summed E-state index contributed by atoms with van der Waals surface area (Å²) in [6, 6.07) is 0. The van der Waals surface area contributed by atoms with Crippen molar-refractivity contribution in [3.63, 3.8) is 0 Å². The third-order valence-corrected chi connectivity index (χ3v) is 3.33. The van der Waals surface area contributed by atoms with Gasteiger partial charge < -0.3 is 9.47 Å². The van der Waals surface area contributed by atoms with Crippen LogP contribution in [0, 0.1) is 17.8 Å². The maximum atomic E-state index is 5.53. The Balaban J connectivity index is 1.74. The molecule has 1 saturated heterocycles. The Labute approximate surface area is 72.5 Å². The molecule has 0 aromatic carbocycles. The number of ether oxygens (including phenoxy) is 2. The maximum absolute atomic E-state index is 5.53. The highest BCUT2D eigenvalue weighted by Crippen LogP contribution is 2.46. The van der Waals surface area contributed by atoms with E-state index in [4.69, 9.17) is 9.47 Å². The molecule has 2 aliphatic carbocycles. The van der Waals surface area contributed by atoms with E-state index in [-0.39, 0.29) is 6.29 Å². The van der Waals surface area contributed by atoms with Gasteiger partial charge in [-0.2, -0.15) is 0 Å². The van der Waals surface area contributed by atoms with Crippen molar-refractivity contribution in [2.45, 2.75) is 19.1 Å². The van der Waals surface area contributed by atoms with E-state index in [0.717, 1.165) is 25.0 Å². The Hall–Kier alpha value is -0.340. The van der Waals surface area contributed by atoms with Gasteiger partial charge in [-0.15, -0.1) is 0 Å². The number of fused-ring (bicyclic) bond motifs is 2. The average molecular weight is 166 g/mol. The van der Waals surface area contributed by atoms with Crippen LogP contribution in [0.15, 0.2) is 12.2 Å². The van der Waals surface area contributed by atoms with Gasteiger partial charge in [0.25, 0.3) is 0 Å². The fourth-order valence-corrected chi connectivity index (χ4v) is 2.76. The number of hydrogen-bond acceptors (Lipinski definition) is 2. The molecule has 0 aromatic heterocycles. The normalized spacial score (nSPS) is 46.2. The summed E-state index contributed by atoms with van der Waals surface area (Å²) >= 11 is 0. The smallest absolute Gasteiger partial charge is 0.161 e. The molecule has 0 amide bonds. The molecular weight excluding hydrogens is 152 g/mol. The molecule has 0 spiro atoms. The van der Waals surface area contributed by atoms with Crippen LogP contribution in [-0.4, -0.2) is 19.5 Å². The maximum Gasteiger partial charge on any atom is 0.161 e. The Morgan fingerprint density at radius 2 is 1.83 bits per heavy atom. The quantitative estimate of drug-likeness (QED) is 0.550. The van der Waals surface area contributed by atoms with Gasteiger partial charge in [-0.3, -0.25) is 0 Å². The molecule has 1 aliphatic heterocycles. The van der Waals surface area contributed by atoms with Gasteiger partial charge in [0.1, 0.15) is 0 Å². The molecule has 1 heterocycles. The van der Waals surface area contributed by atoms with Gasteiger partial charge in [-0.1, -0.05) is 12.2 Å². The van der Waals surface area contributed by atoms with E-state index in [2.05, 4.69) is 12.2 Å². The molecule has 2 heteroatoms. The van der Waals surface area contributed by atoms with Crippen molar-refractivity contribution in [3.05, 3.63) is 12.2 Å². The van der Waals surface area contributed by atoms with Crippen molar-refractivity contribution in [1.82, 2.24) is 0 Å². The summed E-state index contributed by atoms with van der Waals surface area (Å²) < 4.78 is 11.1. The van der Waals surface area contributed by atoms with E-state index >= 15 is 0 Å². The van der Waals surface area contributed by atoms with E-state index in [1.165, 1.54) is 12.8 Å². The summed E-state index contributed by atoms with van der Waals surface area (Å²) in [6.45, 7) is 1.59. The molecule has 2 unspecified atom stereocenters. The third-order valence-electron chi connectivity index (χ3n) is 3.33. The fraction of sp³-hybridized carbons (Fsp3) is 0.800.